The molecule has 0 saturated heterocycles. The van der Waals surface area contributed by atoms with E-state index in [1.165, 1.54) is 0 Å². The molecular weight excluding hydrogens is 302 g/mol. The van der Waals surface area contributed by atoms with Gasteiger partial charge in [-0.25, -0.2) is 0 Å². The summed E-state index contributed by atoms with van der Waals surface area (Å²) < 4.78 is 0. The Balaban J connectivity index is 2.97. The number of nitrogens with one attached hydrogen (secondary N) is 1. The zero-order valence-corrected chi connectivity index (χ0v) is 11.7. The first-order valence-corrected chi connectivity index (χ1v) is 6.52. The highest BCUT2D eigenvalue weighted by Crippen LogP contribution is 2.34. The Labute approximate surface area is 124 Å². The maximum atomic E-state index is 11.4. The van der Waals surface area contributed by atoms with Crippen LogP contribution in [-0.4, -0.2) is 26.6 Å². The van der Waals surface area contributed by atoms with Crippen molar-refractivity contribution < 1.29 is 19.7 Å². The van der Waals surface area contributed by atoms with Gasteiger partial charge in [-0.15, -0.1) is 0 Å². The summed E-state index contributed by atoms with van der Waals surface area (Å²) >= 11 is 3.95. The third-order valence-electron chi connectivity index (χ3n) is 2.60. The van der Waals surface area contributed by atoms with Crippen LogP contribution in [0.3, 0.4) is 0 Å². The van der Waals surface area contributed by atoms with E-state index in [2.05, 4.69) is 17.9 Å². The van der Waals surface area contributed by atoms with Gasteiger partial charge in [-0.3, -0.25) is 25.0 Å². The molecule has 0 heterocycles. The number of nitro benzene ring substituents is 2. The fraction of sp³-hybridized carbons (Fsp3) is 0.364. The molecule has 114 valence electrons. The number of nitro groups is 2. The van der Waals surface area contributed by atoms with E-state index in [9.17, 15) is 30.1 Å². The van der Waals surface area contributed by atoms with E-state index in [1.54, 1.807) is 0 Å². The summed E-state index contributed by atoms with van der Waals surface area (Å²) in [6.07, 6.45) is 0.761. The lowest BCUT2D eigenvalue weighted by molar-refractivity contribution is -0.394. The number of phenols is 1. The average molecular weight is 315 g/mol. The van der Waals surface area contributed by atoms with Crippen molar-refractivity contribution in [1.29, 1.82) is 0 Å². The molecule has 0 atom stereocenters. The van der Waals surface area contributed by atoms with Crippen molar-refractivity contribution in [2.45, 2.75) is 19.4 Å². The second-order valence-corrected chi connectivity index (χ2v) is 4.54. The molecule has 0 aromatic heterocycles. The zero-order valence-electron chi connectivity index (χ0n) is 10.8. The maximum absolute atomic E-state index is 11.4. The molecule has 0 saturated carbocycles. The summed E-state index contributed by atoms with van der Waals surface area (Å²) in [5.41, 5.74) is -1.39. The fourth-order valence-corrected chi connectivity index (χ4v) is 1.72. The molecular formula is C11H13N3O6S. The Bertz CT molecular complexity index is 577. The molecule has 1 rings (SSSR count). The highest BCUT2D eigenvalue weighted by Gasteiger charge is 2.23. The van der Waals surface area contributed by atoms with Gasteiger partial charge in [0.05, 0.1) is 15.9 Å². The first kappa shape index (κ1) is 16.7. The molecule has 0 radical (unpaired) electrons. The highest BCUT2D eigenvalue weighted by molar-refractivity contribution is 7.80. The molecule has 0 fully saturated rings. The first-order valence-electron chi connectivity index (χ1n) is 5.89. The summed E-state index contributed by atoms with van der Waals surface area (Å²) in [7, 11) is 0. The molecule has 0 aliphatic heterocycles. The minimum atomic E-state index is -0.922. The van der Waals surface area contributed by atoms with E-state index < -0.39 is 27.0 Å². The predicted molar refractivity (Wildman–Crippen MR) is 76.3 cm³/mol. The van der Waals surface area contributed by atoms with E-state index in [0.29, 0.717) is 18.2 Å². The van der Waals surface area contributed by atoms with E-state index in [-0.39, 0.29) is 24.4 Å². The van der Waals surface area contributed by atoms with Crippen molar-refractivity contribution >= 4 is 29.9 Å². The molecule has 0 spiro atoms. The normalized spacial score (nSPS) is 10.1. The van der Waals surface area contributed by atoms with Crippen LogP contribution in [0.5, 0.6) is 5.75 Å². The molecule has 0 unspecified atom stereocenters. The molecule has 1 aromatic rings. The van der Waals surface area contributed by atoms with Crippen molar-refractivity contribution in [3.63, 3.8) is 0 Å². The Kier molecular flexibility index (Phi) is 5.91. The third kappa shape index (κ3) is 4.60. The molecule has 0 bridgehead atoms. The summed E-state index contributed by atoms with van der Waals surface area (Å²) in [6.45, 7) is -0.236. The van der Waals surface area contributed by atoms with Crippen LogP contribution in [0, 0.1) is 20.2 Å². The van der Waals surface area contributed by atoms with Gasteiger partial charge in [0, 0.05) is 24.6 Å². The number of thiol groups is 1. The maximum Gasteiger partial charge on any atom is 0.317 e. The Morgan fingerprint density at radius 2 is 1.95 bits per heavy atom. The average Bonchev–Trinajstić information content (AvgIpc) is 2.43. The second-order valence-electron chi connectivity index (χ2n) is 4.09. The van der Waals surface area contributed by atoms with Crippen LogP contribution in [-0.2, 0) is 11.3 Å². The van der Waals surface area contributed by atoms with Crippen LogP contribution in [0.4, 0.5) is 11.4 Å². The highest BCUT2D eigenvalue weighted by atomic mass is 32.1. The van der Waals surface area contributed by atoms with Gasteiger partial charge in [0.25, 0.3) is 5.69 Å². The Hall–Kier alpha value is -2.36. The minimum absolute atomic E-state index is 0.0878. The van der Waals surface area contributed by atoms with Gasteiger partial charge in [0.15, 0.2) is 5.75 Å². The largest absolute Gasteiger partial charge is 0.502 e. The zero-order chi connectivity index (χ0) is 16.0. The van der Waals surface area contributed by atoms with E-state index in [0.717, 1.165) is 6.07 Å². The first-order chi connectivity index (χ1) is 9.86. The topological polar surface area (TPSA) is 136 Å². The number of phenolic OH excluding ortho intramolecular Hbond substituents is 1. The van der Waals surface area contributed by atoms with Gasteiger partial charge < -0.3 is 10.4 Å². The molecule has 1 amide bonds. The monoisotopic (exact) mass is 315 g/mol. The molecule has 2 N–H and O–H groups in total. The number of aromatic hydroxyl groups is 1. The Morgan fingerprint density at radius 3 is 2.48 bits per heavy atom. The Morgan fingerprint density at radius 1 is 1.29 bits per heavy atom. The van der Waals surface area contributed by atoms with Crippen LogP contribution in [0.1, 0.15) is 18.4 Å². The molecule has 21 heavy (non-hydrogen) atoms. The van der Waals surface area contributed by atoms with E-state index in [1.807, 2.05) is 0 Å². The van der Waals surface area contributed by atoms with Crippen LogP contribution in [0.2, 0.25) is 0 Å². The van der Waals surface area contributed by atoms with Gasteiger partial charge in [-0.05, 0) is 12.2 Å². The summed E-state index contributed by atoms with van der Waals surface area (Å²) in [6, 6.07) is 1.66. The number of non-ortho nitro benzene ring substituents is 1. The van der Waals surface area contributed by atoms with Crippen LogP contribution >= 0.6 is 12.6 Å². The van der Waals surface area contributed by atoms with Crippen molar-refractivity contribution in [3.8, 4) is 5.75 Å². The number of amides is 1. The fourth-order valence-electron chi connectivity index (χ4n) is 1.56. The van der Waals surface area contributed by atoms with Crippen molar-refractivity contribution in [1.82, 2.24) is 5.32 Å². The second kappa shape index (κ2) is 7.43. The third-order valence-corrected chi connectivity index (χ3v) is 2.92. The number of nitrogens with zero attached hydrogens (tertiary/aromatic N) is 2. The summed E-state index contributed by atoms with van der Waals surface area (Å²) in [5.74, 6) is -0.501. The number of benzene rings is 1. The van der Waals surface area contributed by atoms with Gasteiger partial charge in [0.1, 0.15) is 0 Å². The van der Waals surface area contributed by atoms with E-state index >= 15 is 0 Å². The van der Waals surface area contributed by atoms with Gasteiger partial charge in [-0.1, -0.05) is 0 Å². The van der Waals surface area contributed by atoms with Crippen LogP contribution in [0.25, 0.3) is 0 Å². The van der Waals surface area contributed by atoms with Crippen LogP contribution in [0.15, 0.2) is 12.1 Å². The standard InChI is InChI=1S/C11H13N3O6S/c15-10(2-1-3-21)12-6-7-4-8(13(17)18)5-9(11(7)16)14(19)20/h4-5,16,21H,1-3,6H2,(H,12,15). The number of carbonyl (C=O) groups is 1. The quantitative estimate of drug-likeness (QED) is 0.396. The van der Waals surface area contributed by atoms with Gasteiger partial charge >= 0.3 is 5.69 Å². The predicted octanol–water partition coefficient (Wildman–Crippen LogP) is 1.53. The smallest absolute Gasteiger partial charge is 0.317 e. The lowest BCUT2D eigenvalue weighted by Crippen LogP contribution is -2.22. The van der Waals surface area contributed by atoms with Crippen molar-refractivity contribution in [2.75, 3.05) is 5.75 Å². The number of hydrogen-bond donors (Lipinski definition) is 3. The molecule has 1 aromatic carbocycles. The van der Waals surface area contributed by atoms with Gasteiger partial charge in [-0.2, -0.15) is 12.6 Å². The SMILES string of the molecule is O=C(CCCS)NCc1cc([N+](=O)[O-])cc([N+](=O)[O-])c1O. The number of hydrogen-bond acceptors (Lipinski definition) is 7. The minimum Gasteiger partial charge on any atom is -0.502 e. The molecule has 0 aliphatic rings. The lowest BCUT2D eigenvalue weighted by Gasteiger charge is -2.07. The summed E-state index contributed by atoms with van der Waals surface area (Å²) in [5, 5.41) is 33.6. The van der Waals surface area contributed by atoms with Gasteiger partial charge in [0.2, 0.25) is 5.91 Å². The van der Waals surface area contributed by atoms with Crippen molar-refractivity contribution in [3.05, 3.63) is 37.9 Å². The van der Waals surface area contributed by atoms with E-state index in [4.69, 9.17) is 0 Å². The summed E-state index contributed by atoms with van der Waals surface area (Å²) in [4.78, 5) is 31.2. The number of carbonyl (C=O) groups excluding carboxylic acids is 1. The molecule has 9 nitrogen and oxygen atoms in total. The van der Waals surface area contributed by atoms with Crippen molar-refractivity contribution in [2.24, 2.45) is 0 Å². The molecule has 10 heteroatoms. The van der Waals surface area contributed by atoms with Crippen LogP contribution < -0.4 is 5.32 Å². The molecule has 0 aliphatic carbocycles. The number of rotatable bonds is 7. The lowest BCUT2D eigenvalue weighted by atomic mass is 10.1.